The third-order valence-corrected chi connectivity index (χ3v) is 5.07. The zero-order valence-electron chi connectivity index (χ0n) is 14.7. The fourth-order valence-corrected chi connectivity index (χ4v) is 3.33. The second-order valence-electron chi connectivity index (χ2n) is 7.39. The molecule has 24 heavy (non-hydrogen) atoms. The molecule has 1 aromatic carbocycles. The van der Waals surface area contributed by atoms with Crippen molar-refractivity contribution in [2.24, 2.45) is 11.8 Å². The van der Waals surface area contributed by atoms with Crippen molar-refractivity contribution >= 4 is 5.91 Å². The van der Waals surface area contributed by atoms with Crippen LogP contribution in [0, 0.1) is 11.8 Å². The topological polar surface area (TPSA) is 41.6 Å². The molecule has 132 valence electrons. The molecule has 4 heteroatoms. The van der Waals surface area contributed by atoms with Gasteiger partial charge in [-0.15, -0.1) is 0 Å². The van der Waals surface area contributed by atoms with Crippen molar-refractivity contribution in [1.29, 1.82) is 0 Å². The van der Waals surface area contributed by atoms with E-state index in [0.29, 0.717) is 11.8 Å². The minimum Gasteiger partial charge on any atom is -0.368 e. The summed E-state index contributed by atoms with van der Waals surface area (Å²) in [6, 6.07) is 10.6. The van der Waals surface area contributed by atoms with Crippen LogP contribution in [0.25, 0.3) is 0 Å². The van der Waals surface area contributed by atoms with Crippen molar-refractivity contribution in [2.75, 3.05) is 26.2 Å². The van der Waals surface area contributed by atoms with Crippen molar-refractivity contribution in [3.63, 3.8) is 0 Å². The number of hydrogen-bond acceptors (Lipinski definition) is 3. The van der Waals surface area contributed by atoms with Gasteiger partial charge < -0.3 is 10.1 Å². The van der Waals surface area contributed by atoms with Crippen LogP contribution >= 0.6 is 0 Å². The summed E-state index contributed by atoms with van der Waals surface area (Å²) >= 11 is 0. The van der Waals surface area contributed by atoms with Crippen LogP contribution in [0.2, 0.25) is 0 Å². The maximum absolute atomic E-state index is 12.1. The van der Waals surface area contributed by atoms with E-state index in [1.807, 2.05) is 6.92 Å². The highest BCUT2D eigenvalue weighted by Gasteiger charge is 2.25. The first kappa shape index (κ1) is 17.4. The molecular weight excluding hydrogens is 300 g/mol. The largest absolute Gasteiger partial charge is 0.368 e. The second kappa shape index (κ2) is 8.63. The first-order valence-corrected chi connectivity index (χ1v) is 9.36. The molecule has 2 atom stereocenters. The fourth-order valence-electron chi connectivity index (χ4n) is 3.33. The van der Waals surface area contributed by atoms with Gasteiger partial charge in [0.05, 0.1) is 6.61 Å². The first-order chi connectivity index (χ1) is 11.7. The Morgan fingerprint density at radius 2 is 2.04 bits per heavy atom. The Morgan fingerprint density at radius 1 is 1.25 bits per heavy atom. The molecule has 4 nitrogen and oxygen atoms in total. The Bertz CT molecular complexity index is 516. The standard InChI is InChI=1S/C20H30N2O2/c1-16(24-15-18-9-10-18)20(23)21-12-19-8-5-11-22(14-19)13-17-6-3-2-4-7-17/h2-4,6-7,16,18-19H,5,8-15H2,1H3,(H,21,23)/t16-,19+/m1/s1. The van der Waals surface area contributed by atoms with E-state index in [9.17, 15) is 4.79 Å². The Labute approximate surface area is 145 Å². The molecule has 2 aliphatic rings. The Balaban J connectivity index is 1.37. The van der Waals surface area contributed by atoms with Crippen LogP contribution in [0.5, 0.6) is 0 Å². The van der Waals surface area contributed by atoms with Gasteiger partial charge in [0.25, 0.3) is 0 Å². The summed E-state index contributed by atoms with van der Waals surface area (Å²) in [5, 5.41) is 3.09. The Kier molecular flexibility index (Phi) is 6.27. The molecule has 1 saturated heterocycles. The van der Waals surface area contributed by atoms with E-state index < -0.39 is 0 Å². The number of hydrogen-bond donors (Lipinski definition) is 1. The lowest BCUT2D eigenvalue weighted by Crippen LogP contribution is -2.43. The van der Waals surface area contributed by atoms with Crippen molar-refractivity contribution in [2.45, 2.75) is 45.3 Å². The zero-order valence-corrected chi connectivity index (χ0v) is 14.7. The van der Waals surface area contributed by atoms with Crippen molar-refractivity contribution in [3.8, 4) is 0 Å². The average molecular weight is 330 g/mol. The lowest BCUT2D eigenvalue weighted by molar-refractivity contribution is -0.132. The van der Waals surface area contributed by atoms with Crippen LogP contribution in [0.15, 0.2) is 30.3 Å². The van der Waals surface area contributed by atoms with E-state index >= 15 is 0 Å². The molecule has 0 aromatic heterocycles. The molecule has 1 aliphatic heterocycles. The second-order valence-corrected chi connectivity index (χ2v) is 7.39. The van der Waals surface area contributed by atoms with Gasteiger partial charge in [-0.1, -0.05) is 30.3 Å². The summed E-state index contributed by atoms with van der Waals surface area (Å²) in [6.45, 7) is 6.59. The molecule has 1 saturated carbocycles. The summed E-state index contributed by atoms with van der Waals surface area (Å²) in [5.41, 5.74) is 1.37. The highest BCUT2D eigenvalue weighted by atomic mass is 16.5. The number of likely N-dealkylation sites (tertiary alicyclic amines) is 1. The maximum Gasteiger partial charge on any atom is 0.248 e. The highest BCUT2D eigenvalue weighted by molar-refractivity contribution is 5.80. The van der Waals surface area contributed by atoms with Gasteiger partial charge in [0.1, 0.15) is 6.10 Å². The van der Waals surface area contributed by atoms with Gasteiger partial charge in [-0.3, -0.25) is 9.69 Å². The lowest BCUT2D eigenvalue weighted by atomic mass is 9.97. The number of nitrogens with one attached hydrogen (secondary N) is 1. The van der Waals surface area contributed by atoms with Crippen molar-refractivity contribution in [3.05, 3.63) is 35.9 Å². The quantitative estimate of drug-likeness (QED) is 0.797. The number of nitrogens with zero attached hydrogens (tertiary/aromatic N) is 1. The third kappa shape index (κ3) is 5.60. The molecule has 1 heterocycles. The normalized spacial score (nSPS) is 23.0. The third-order valence-electron chi connectivity index (χ3n) is 5.07. The fraction of sp³-hybridized carbons (Fsp3) is 0.650. The molecule has 0 bridgehead atoms. The van der Waals surface area contributed by atoms with Gasteiger partial charge in [0, 0.05) is 19.6 Å². The predicted molar refractivity (Wildman–Crippen MR) is 95.6 cm³/mol. The Morgan fingerprint density at radius 3 is 2.79 bits per heavy atom. The van der Waals surface area contributed by atoms with E-state index in [4.69, 9.17) is 4.74 Å². The van der Waals surface area contributed by atoms with Crippen molar-refractivity contribution < 1.29 is 9.53 Å². The maximum atomic E-state index is 12.1. The number of carbonyl (C=O) groups is 1. The van der Waals surface area contributed by atoms with Crippen LogP contribution in [0.3, 0.4) is 0 Å². The van der Waals surface area contributed by atoms with E-state index in [1.54, 1.807) is 0 Å². The molecule has 2 fully saturated rings. The SMILES string of the molecule is C[C@@H](OCC1CC1)C(=O)NC[C@@H]1CCCN(Cc2ccccc2)C1. The molecule has 0 spiro atoms. The summed E-state index contributed by atoms with van der Waals surface area (Å²) < 4.78 is 5.65. The number of rotatable bonds is 8. The van der Waals surface area contributed by atoms with Gasteiger partial charge in [0.2, 0.25) is 5.91 Å². The monoisotopic (exact) mass is 330 g/mol. The van der Waals surface area contributed by atoms with Crippen LogP contribution in [-0.2, 0) is 16.1 Å². The van der Waals surface area contributed by atoms with Gasteiger partial charge >= 0.3 is 0 Å². The van der Waals surface area contributed by atoms with Gasteiger partial charge in [-0.2, -0.15) is 0 Å². The van der Waals surface area contributed by atoms with E-state index in [-0.39, 0.29) is 12.0 Å². The van der Waals surface area contributed by atoms with E-state index in [0.717, 1.165) is 32.8 Å². The summed E-state index contributed by atoms with van der Waals surface area (Å²) in [4.78, 5) is 14.6. The van der Waals surface area contributed by atoms with Gasteiger partial charge in [-0.05, 0) is 56.6 Å². The number of carbonyl (C=O) groups excluding carboxylic acids is 1. The van der Waals surface area contributed by atoms with E-state index in [2.05, 4.69) is 40.5 Å². The molecule has 0 unspecified atom stereocenters. The Hall–Kier alpha value is -1.39. The average Bonchev–Trinajstić information content (AvgIpc) is 3.43. The number of benzene rings is 1. The smallest absolute Gasteiger partial charge is 0.248 e. The number of piperidine rings is 1. The minimum atomic E-state index is -0.324. The van der Waals surface area contributed by atoms with Crippen molar-refractivity contribution in [1.82, 2.24) is 10.2 Å². The highest BCUT2D eigenvalue weighted by Crippen LogP contribution is 2.29. The summed E-state index contributed by atoms with van der Waals surface area (Å²) in [6.07, 6.45) is 4.60. The summed E-state index contributed by atoms with van der Waals surface area (Å²) in [5.74, 6) is 1.28. The summed E-state index contributed by atoms with van der Waals surface area (Å²) in [7, 11) is 0. The predicted octanol–water partition coefficient (Wildman–Crippen LogP) is 2.83. The number of ether oxygens (including phenoxy) is 1. The molecule has 3 rings (SSSR count). The van der Waals surface area contributed by atoms with Crippen LogP contribution < -0.4 is 5.32 Å². The first-order valence-electron chi connectivity index (χ1n) is 9.36. The molecule has 1 amide bonds. The minimum absolute atomic E-state index is 0.0378. The van der Waals surface area contributed by atoms with Crippen LogP contribution in [0.4, 0.5) is 0 Å². The molecule has 1 aliphatic carbocycles. The van der Waals surface area contributed by atoms with Gasteiger partial charge in [0.15, 0.2) is 0 Å². The molecule has 1 aromatic rings. The van der Waals surface area contributed by atoms with Crippen LogP contribution in [0.1, 0.15) is 38.2 Å². The zero-order chi connectivity index (χ0) is 16.8. The van der Waals surface area contributed by atoms with E-state index in [1.165, 1.54) is 31.2 Å². The van der Waals surface area contributed by atoms with Gasteiger partial charge in [-0.25, -0.2) is 0 Å². The van der Waals surface area contributed by atoms with Crippen LogP contribution in [-0.4, -0.2) is 43.2 Å². The molecular formula is C20H30N2O2. The molecule has 1 N–H and O–H groups in total. The molecule has 0 radical (unpaired) electrons. The lowest BCUT2D eigenvalue weighted by Gasteiger charge is -2.33. The number of amides is 1.